The van der Waals surface area contributed by atoms with Gasteiger partial charge in [0.15, 0.2) is 0 Å². The lowest BCUT2D eigenvalue weighted by Crippen LogP contribution is -2.18. The zero-order chi connectivity index (χ0) is 12.9. The van der Waals surface area contributed by atoms with Gasteiger partial charge in [0.1, 0.15) is 12.7 Å². The van der Waals surface area contributed by atoms with E-state index in [2.05, 4.69) is 39.8 Å². The van der Waals surface area contributed by atoms with E-state index in [0.717, 1.165) is 5.69 Å². The molecular formula is C15H20N4. The van der Waals surface area contributed by atoms with E-state index in [1.165, 1.54) is 44.2 Å². The molecule has 1 fully saturated rings. The summed E-state index contributed by atoms with van der Waals surface area (Å²) in [6.07, 6.45) is 11.5. The molecule has 0 unspecified atom stereocenters. The fourth-order valence-electron chi connectivity index (χ4n) is 2.75. The smallest absolute Gasteiger partial charge is 0.123 e. The fraction of sp³-hybridized carbons (Fsp3) is 0.467. The minimum atomic E-state index is 0.624. The molecule has 3 rings (SSSR count). The molecule has 0 aliphatic heterocycles. The van der Waals surface area contributed by atoms with Crippen molar-refractivity contribution in [1.29, 1.82) is 0 Å². The van der Waals surface area contributed by atoms with Crippen LogP contribution in [0.5, 0.6) is 0 Å². The molecule has 0 radical (unpaired) electrons. The number of benzene rings is 1. The summed E-state index contributed by atoms with van der Waals surface area (Å²) in [6, 6.07) is 9.07. The zero-order valence-electron chi connectivity index (χ0n) is 11.1. The van der Waals surface area contributed by atoms with Crippen molar-refractivity contribution in [3.05, 3.63) is 36.9 Å². The van der Waals surface area contributed by atoms with Crippen LogP contribution >= 0.6 is 0 Å². The summed E-state index contributed by atoms with van der Waals surface area (Å²) in [5, 5.41) is 11.4. The number of nitrogens with zero attached hydrogens (tertiary/aromatic N) is 3. The first-order chi connectivity index (χ1) is 9.42. The van der Waals surface area contributed by atoms with Crippen LogP contribution in [0.15, 0.2) is 36.9 Å². The lowest BCUT2D eigenvalue weighted by atomic mass is 10.1. The molecule has 0 amide bonds. The van der Waals surface area contributed by atoms with Gasteiger partial charge in [-0.25, -0.2) is 0 Å². The van der Waals surface area contributed by atoms with Crippen LogP contribution in [0.25, 0.3) is 5.69 Å². The Bertz CT molecular complexity index is 499. The first-order valence-corrected chi connectivity index (χ1v) is 7.13. The number of anilines is 1. The van der Waals surface area contributed by atoms with Crippen LogP contribution < -0.4 is 5.32 Å². The minimum Gasteiger partial charge on any atom is -0.382 e. The van der Waals surface area contributed by atoms with E-state index in [1.807, 2.05) is 4.57 Å². The van der Waals surface area contributed by atoms with Crippen molar-refractivity contribution in [2.45, 2.75) is 44.6 Å². The molecule has 1 N–H and O–H groups in total. The molecule has 1 aromatic carbocycles. The Hall–Kier alpha value is -1.84. The van der Waals surface area contributed by atoms with Gasteiger partial charge in [-0.1, -0.05) is 31.7 Å². The maximum Gasteiger partial charge on any atom is 0.123 e. The maximum absolute atomic E-state index is 3.85. The van der Waals surface area contributed by atoms with Gasteiger partial charge in [-0.05, 0) is 31.0 Å². The Morgan fingerprint density at radius 1 is 1.00 bits per heavy atom. The standard InChI is InChI=1S/C15H20N4/c1-2-4-7-13(6-3-1)18-14-8-5-9-15(10-14)19-11-16-17-12-19/h5,8-13,18H,1-4,6-7H2. The summed E-state index contributed by atoms with van der Waals surface area (Å²) in [7, 11) is 0. The molecule has 100 valence electrons. The number of rotatable bonds is 3. The normalized spacial score (nSPS) is 17.1. The van der Waals surface area contributed by atoms with E-state index in [9.17, 15) is 0 Å². The molecule has 4 heteroatoms. The average Bonchev–Trinajstić information content (AvgIpc) is 2.86. The first kappa shape index (κ1) is 12.2. The molecule has 1 heterocycles. The van der Waals surface area contributed by atoms with E-state index in [0.29, 0.717) is 6.04 Å². The molecule has 0 bridgehead atoms. The summed E-state index contributed by atoms with van der Waals surface area (Å²) in [6.45, 7) is 0. The highest BCUT2D eigenvalue weighted by Crippen LogP contribution is 2.22. The Kier molecular flexibility index (Phi) is 3.77. The van der Waals surface area contributed by atoms with E-state index in [-0.39, 0.29) is 0 Å². The average molecular weight is 256 g/mol. The van der Waals surface area contributed by atoms with Gasteiger partial charge in [-0.2, -0.15) is 0 Å². The molecular weight excluding hydrogens is 236 g/mol. The van der Waals surface area contributed by atoms with Gasteiger partial charge in [0.05, 0.1) is 5.69 Å². The van der Waals surface area contributed by atoms with Gasteiger partial charge in [-0.15, -0.1) is 10.2 Å². The Balaban J connectivity index is 1.72. The van der Waals surface area contributed by atoms with Gasteiger partial charge in [0.25, 0.3) is 0 Å². The van der Waals surface area contributed by atoms with Crippen LogP contribution in [0.1, 0.15) is 38.5 Å². The molecule has 0 atom stereocenters. The monoisotopic (exact) mass is 256 g/mol. The van der Waals surface area contributed by atoms with Crippen molar-refractivity contribution in [2.75, 3.05) is 5.32 Å². The summed E-state index contributed by atoms with van der Waals surface area (Å²) in [4.78, 5) is 0. The summed E-state index contributed by atoms with van der Waals surface area (Å²) < 4.78 is 1.93. The zero-order valence-corrected chi connectivity index (χ0v) is 11.1. The van der Waals surface area contributed by atoms with E-state index < -0.39 is 0 Å². The molecule has 0 spiro atoms. The molecule has 1 aromatic heterocycles. The van der Waals surface area contributed by atoms with Crippen LogP contribution in [0, 0.1) is 0 Å². The summed E-state index contributed by atoms with van der Waals surface area (Å²) in [5.74, 6) is 0. The van der Waals surface area contributed by atoms with Crippen LogP contribution in [0.4, 0.5) is 5.69 Å². The van der Waals surface area contributed by atoms with Gasteiger partial charge >= 0.3 is 0 Å². The predicted molar refractivity (Wildman–Crippen MR) is 76.5 cm³/mol. The van der Waals surface area contributed by atoms with Gasteiger partial charge in [-0.3, -0.25) is 4.57 Å². The molecule has 4 nitrogen and oxygen atoms in total. The maximum atomic E-state index is 3.85. The molecule has 2 aromatic rings. The van der Waals surface area contributed by atoms with Crippen LogP contribution in [-0.2, 0) is 0 Å². The van der Waals surface area contributed by atoms with Crippen molar-refractivity contribution < 1.29 is 0 Å². The quantitative estimate of drug-likeness (QED) is 0.856. The van der Waals surface area contributed by atoms with Crippen molar-refractivity contribution >= 4 is 5.69 Å². The second-order valence-corrected chi connectivity index (χ2v) is 5.25. The number of nitrogens with one attached hydrogen (secondary N) is 1. The van der Waals surface area contributed by atoms with E-state index >= 15 is 0 Å². The second-order valence-electron chi connectivity index (χ2n) is 5.25. The molecule has 1 saturated carbocycles. The fourth-order valence-corrected chi connectivity index (χ4v) is 2.75. The summed E-state index contributed by atoms with van der Waals surface area (Å²) in [5.41, 5.74) is 2.29. The lowest BCUT2D eigenvalue weighted by molar-refractivity contribution is 0.620. The lowest BCUT2D eigenvalue weighted by Gasteiger charge is -2.18. The molecule has 0 saturated heterocycles. The highest BCUT2D eigenvalue weighted by molar-refractivity contribution is 5.51. The molecule has 19 heavy (non-hydrogen) atoms. The van der Waals surface area contributed by atoms with Crippen molar-refractivity contribution in [3.63, 3.8) is 0 Å². The Morgan fingerprint density at radius 2 is 1.74 bits per heavy atom. The van der Waals surface area contributed by atoms with Gasteiger partial charge < -0.3 is 5.32 Å². The molecule has 1 aliphatic carbocycles. The Morgan fingerprint density at radius 3 is 2.47 bits per heavy atom. The largest absolute Gasteiger partial charge is 0.382 e. The second kappa shape index (κ2) is 5.87. The van der Waals surface area contributed by atoms with Gasteiger partial charge in [0.2, 0.25) is 0 Å². The topological polar surface area (TPSA) is 42.7 Å². The third-order valence-corrected chi connectivity index (χ3v) is 3.79. The first-order valence-electron chi connectivity index (χ1n) is 7.13. The highest BCUT2D eigenvalue weighted by Gasteiger charge is 2.11. The van der Waals surface area contributed by atoms with Crippen LogP contribution in [-0.4, -0.2) is 20.8 Å². The molecule has 1 aliphatic rings. The van der Waals surface area contributed by atoms with Crippen molar-refractivity contribution in [3.8, 4) is 5.69 Å². The third kappa shape index (κ3) is 3.13. The Labute approximate surface area is 113 Å². The van der Waals surface area contributed by atoms with Crippen LogP contribution in [0.3, 0.4) is 0 Å². The van der Waals surface area contributed by atoms with Crippen molar-refractivity contribution in [1.82, 2.24) is 14.8 Å². The van der Waals surface area contributed by atoms with Gasteiger partial charge in [0, 0.05) is 11.7 Å². The van der Waals surface area contributed by atoms with E-state index in [1.54, 1.807) is 12.7 Å². The van der Waals surface area contributed by atoms with E-state index in [4.69, 9.17) is 0 Å². The highest BCUT2D eigenvalue weighted by atomic mass is 15.2. The van der Waals surface area contributed by atoms with Crippen LogP contribution in [0.2, 0.25) is 0 Å². The SMILES string of the molecule is c1cc(NC2CCCCCC2)cc(-n2cnnc2)c1. The number of aromatic nitrogens is 3. The van der Waals surface area contributed by atoms with Crippen molar-refractivity contribution in [2.24, 2.45) is 0 Å². The summed E-state index contributed by atoms with van der Waals surface area (Å²) >= 11 is 0. The number of hydrogen-bond donors (Lipinski definition) is 1. The predicted octanol–water partition coefficient (Wildman–Crippen LogP) is 3.40. The number of hydrogen-bond acceptors (Lipinski definition) is 3. The minimum absolute atomic E-state index is 0.624. The third-order valence-electron chi connectivity index (χ3n) is 3.79.